The van der Waals surface area contributed by atoms with Crippen LogP contribution in [0.4, 0.5) is 5.69 Å². The van der Waals surface area contributed by atoms with E-state index in [2.05, 4.69) is 4.72 Å². The van der Waals surface area contributed by atoms with Crippen LogP contribution in [-0.2, 0) is 10.0 Å². The van der Waals surface area contributed by atoms with Crippen molar-refractivity contribution in [3.63, 3.8) is 0 Å². The third kappa shape index (κ3) is 3.90. The Morgan fingerprint density at radius 2 is 1.87 bits per heavy atom. The largest absolute Gasteiger partial charge is 0.478 e. The number of carbonyl (C=O) groups is 1. The van der Waals surface area contributed by atoms with E-state index in [1.54, 1.807) is 12.1 Å². The Bertz CT molecular complexity index is 815. The Labute approximate surface area is 136 Å². The van der Waals surface area contributed by atoms with Gasteiger partial charge in [0, 0.05) is 0 Å². The van der Waals surface area contributed by atoms with Crippen molar-refractivity contribution in [2.45, 2.75) is 31.1 Å². The second kappa shape index (κ2) is 6.83. The lowest BCUT2D eigenvalue weighted by Gasteiger charge is -2.16. The molecule has 2 rings (SSSR count). The fraction of sp³-hybridized carbons (Fsp3) is 0.235. The second-order valence-electron chi connectivity index (χ2n) is 5.34. The van der Waals surface area contributed by atoms with Gasteiger partial charge in [-0.05, 0) is 42.2 Å². The Balaban J connectivity index is 2.40. The minimum absolute atomic E-state index is 0.0666. The molecule has 0 radical (unpaired) electrons. The Hall–Kier alpha value is -2.34. The van der Waals surface area contributed by atoms with Crippen LogP contribution < -0.4 is 4.72 Å². The van der Waals surface area contributed by atoms with Crippen LogP contribution in [0.15, 0.2) is 53.4 Å². The first-order valence-electron chi connectivity index (χ1n) is 7.30. The fourth-order valence-electron chi connectivity index (χ4n) is 2.24. The molecular weight excluding hydrogens is 314 g/mol. The van der Waals surface area contributed by atoms with Gasteiger partial charge in [0.1, 0.15) is 0 Å². The summed E-state index contributed by atoms with van der Waals surface area (Å²) >= 11 is 0. The molecule has 0 amide bonds. The van der Waals surface area contributed by atoms with Gasteiger partial charge in [-0.25, -0.2) is 13.2 Å². The third-order valence-corrected chi connectivity index (χ3v) is 5.10. The van der Waals surface area contributed by atoms with Crippen molar-refractivity contribution in [2.75, 3.05) is 4.72 Å². The molecule has 0 heterocycles. The van der Waals surface area contributed by atoms with Crippen LogP contribution in [0, 0.1) is 0 Å². The second-order valence-corrected chi connectivity index (χ2v) is 7.02. The lowest BCUT2D eigenvalue weighted by Crippen LogP contribution is -2.15. The number of carboxylic acid groups (broad SMARTS) is 1. The van der Waals surface area contributed by atoms with E-state index >= 15 is 0 Å². The Morgan fingerprint density at radius 1 is 1.17 bits per heavy atom. The minimum atomic E-state index is -3.85. The molecule has 0 aromatic heterocycles. The topological polar surface area (TPSA) is 83.5 Å². The van der Waals surface area contributed by atoms with Crippen LogP contribution in [0.25, 0.3) is 0 Å². The quantitative estimate of drug-likeness (QED) is 0.844. The number of sulfonamides is 1. The van der Waals surface area contributed by atoms with Crippen molar-refractivity contribution in [2.24, 2.45) is 0 Å². The summed E-state index contributed by atoms with van der Waals surface area (Å²) in [6, 6.07) is 12.5. The lowest BCUT2D eigenvalue weighted by atomic mass is 9.97. The number of nitrogens with one attached hydrogen (secondary N) is 1. The van der Waals surface area contributed by atoms with Gasteiger partial charge < -0.3 is 5.11 Å². The van der Waals surface area contributed by atoms with Gasteiger partial charge >= 0.3 is 5.97 Å². The molecule has 1 atom stereocenters. The van der Waals surface area contributed by atoms with E-state index < -0.39 is 16.0 Å². The molecule has 0 unspecified atom stereocenters. The zero-order valence-corrected chi connectivity index (χ0v) is 13.8. The van der Waals surface area contributed by atoms with E-state index in [1.165, 1.54) is 18.2 Å². The molecule has 0 aliphatic carbocycles. The van der Waals surface area contributed by atoms with Gasteiger partial charge in [-0.1, -0.05) is 38.1 Å². The third-order valence-electron chi connectivity index (χ3n) is 3.74. The molecule has 2 aromatic carbocycles. The van der Waals surface area contributed by atoms with Crippen LogP contribution in [-0.4, -0.2) is 19.5 Å². The standard InChI is InChI=1S/C17H19NO4S/c1-3-12(2)15-9-4-5-10-16(15)18-23(21,22)14-8-6-7-13(11-14)17(19)20/h4-12,18H,3H2,1-2H3,(H,19,20)/t12-/m0/s1. The van der Waals surface area contributed by atoms with Crippen LogP contribution >= 0.6 is 0 Å². The van der Waals surface area contributed by atoms with E-state index in [0.29, 0.717) is 5.69 Å². The zero-order valence-electron chi connectivity index (χ0n) is 13.0. The summed E-state index contributed by atoms with van der Waals surface area (Å²) in [7, 11) is -3.85. The molecule has 122 valence electrons. The van der Waals surface area contributed by atoms with Gasteiger partial charge in [0.25, 0.3) is 10.0 Å². The number of aromatic carboxylic acids is 1. The number of carboxylic acids is 1. The summed E-state index contributed by atoms with van der Waals surface area (Å²) in [5, 5.41) is 9.00. The van der Waals surface area contributed by atoms with E-state index in [-0.39, 0.29) is 16.4 Å². The van der Waals surface area contributed by atoms with Gasteiger partial charge in [0.05, 0.1) is 16.1 Å². The molecule has 23 heavy (non-hydrogen) atoms. The molecule has 0 saturated carbocycles. The summed E-state index contributed by atoms with van der Waals surface area (Å²) in [6.45, 7) is 4.06. The Kier molecular flexibility index (Phi) is 5.05. The summed E-state index contributed by atoms with van der Waals surface area (Å²) in [5.74, 6) is -0.957. The van der Waals surface area contributed by atoms with Crippen molar-refractivity contribution in [3.05, 3.63) is 59.7 Å². The summed E-state index contributed by atoms with van der Waals surface area (Å²) in [4.78, 5) is 10.9. The van der Waals surface area contributed by atoms with Crippen molar-refractivity contribution < 1.29 is 18.3 Å². The highest BCUT2D eigenvalue weighted by Gasteiger charge is 2.18. The molecule has 0 aliphatic rings. The summed E-state index contributed by atoms with van der Waals surface area (Å²) in [6.07, 6.45) is 0.882. The smallest absolute Gasteiger partial charge is 0.335 e. The molecule has 0 bridgehead atoms. The highest BCUT2D eigenvalue weighted by atomic mass is 32.2. The van der Waals surface area contributed by atoms with Crippen molar-refractivity contribution >= 4 is 21.7 Å². The van der Waals surface area contributed by atoms with E-state index in [9.17, 15) is 13.2 Å². The maximum Gasteiger partial charge on any atom is 0.335 e. The number of para-hydroxylation sites is 1. The van der Waals surface area contributed by atoms with Crippen LogP contribution in [0.3, 0.4) is 0 Å². The minimum Gasteiger partial charge on any atom is -0.478 e. The fourth-order valence-corrected chi connectivity index (χ4v) is 3.37. The van der Waals surface area contributed by atoms with E-state index in [4.69, 9.17) is 5.11 Å². The van der Waals surface area contributed by atoms with E-state index in [1.807, 2.05) is 26.0 Å². The molecule has 2 N–H and O–H groups in total. The number of hydrogen-bond donors (Lipinski definition) is 2. The number of hydrogen-bond acceptors (Lipinski definition) is 3. The first-order valence-corrected chi connectivity index (χ1v) is 8.78. The monoisotopic (exact) mass is 333 g/mol. The zero-order chi connectivity index (χ0) is 17.0. The van der Waals surface area contributed by atoms with Gasteiger partial charge in [-0.15, -0.1) is 0 Å². The number of anilines is 1. The van der Waals surface area contributed by atoms with Crippen LogP contribution in [0.2, 0.25) is 0 Å². The normalized spacial score (nSPS) is 12.6. The van der Waals surface area contributed by atoms with Crippen molar-refractivity contribution in [3.8, 4) is 0 Å². The van der Waals surface area contributed by atoms with E-state index in [0.717, 1.165) is 18.1 Å². The van der Waals surface area contributed by atoms with Gasteiger partial charge in [-0.2, -0.15) is 0 Å². The molecule has 6 heteroatoms. The number of benzene rings is 2. The lowest BCUT2D eigenvalue weighted by molar-refractivity contribution is 0.0696. The molecule has 0 spiro atoms. The first kappa shape index (κ1) is 17.0. The predicted octanol–water partition coefficient (Wildman–Crippen LogP) is 3.70. The van der Waals surface area contributed by atoms with Gasteiger partial charge in [0.15, 0.2) is 0 Å². The molecule has 0 saturated heterocycles. The maximum atomic E-state index is 12.5. The van der Waals surface area contributed by atoms with Crippen LogP contribution in [0.1, 0.15) is 42.1 Å². The average molecular weight is 333 g/mol. The summed E-state index contributed by atoms with van der Waals surface area (Å²) in [5.41, 5.74) is 1.36. The first-order chi connectivity index (χ1) is 10.8. The predicted molar refractivity (Wildman–Crippen MR) is 89.4 cm³/mol. The van der Waals surface area contributed by atoms with Crippen molar-refractivity contribution in [1.82, 2.24) is 0 Å². The Morgan fingerprint density at radius 3 is 2.52 bits per heavy atom. The highest BCUT2D eigenvalue weighted by Crippen LogP contribution is 2.28. The van der Waals surface area contributed by atoms with Gasteiger partial charge in [-0.3, -0.25) is 4.72 Å². The average Bonchev–Trinajstić information content (AvgIpc) is 2.54. The SMILES string of the molecule is CC[C@H](C)c1ccccc1NS(=O)(=O)c1cccc(C(=O)O)c1. The van der Waals surface area contributed by atoms with Gasteiger partial charge in [0.2, 0.25) is 0 Å². The van der Waals surface area contributed by atoms with Crippen LogP contribution in [0.5, 0.6) is 0 Å². The molecule has 5 nitrogen and oxygen atoms in total. The molecular formula is C17H19NO4S. The van der Waals surface area contributed by atoms with Crippen molar-refractivity contribution in [1.29, 1.82) is 0 Å². The highest BCUT2D eigenvalue weighted by molar-refractivity contribution is 7.92. The molecule has 2 aromatic rings. The summed E-state index contributed by atoms with van der Waals surface area (Å²) < 4.78 is 27.6. The molecule has 0 fully saturated rings. The number of rotatable bonds is 6. The maximum absolute atomic E-state index is 12.5. The molecule has 0 aliphatic heterocycles.